The average molecular weight is 224 g/mol. The van der Waals surface area contributed by atoms with Crippen molar-refractivity contribution in [1.29, 1.82) is 0 Å². The molecule has 2 atom stereocenters. The lowest BCUT2D eigenvalue weighted by atomic mass is 9.88. The zero-order valence-electron chi connectivity index (χ0n) is 10.6. The molecule has 1 saturated carbocycles. The van der Waals surface area contributed by atoms with Crippen LogP contribution in [-0.2, 0) is 4.79 Å². The Kier molecular flexibility index (Phi) is 3.85. The number of likely N-dealkylation sites (tertiary alicyclic amines) is 1. The fourth-order valence-corrected chi connectivity index (χ4v) is 3.28. The van der Waals surface area contributed by atoms with E-state index in [2.05, 4.69) is 4.90 Å². The molecule has 0 spiro atoms. The third-order valence-corrected chi connectivity index (χ3v) is 4.30. The van der Waals surface area contributed by atoms with Gasteiger partial charge in [-0.1, -0.05) is 12.8 Å². The van der Waals surface area contributed by atoms with Crippen molar-refractivity contribution in [3.63, 3.8) is 0 Å². The molecule has 3 heteroatoms. The molecular weight excluding hydrogens is 200 g/mol. The van der Waals surface area contributed by atoms with Gasteiger partial charge in [0.15, 0.2) is 0 Å². The van der Waals surface area contributed by atoms with Crippen LogP contribution in [0.25, 0.3) is 0 Å². The lowest BCUT2D eigenvalue weighted by Crippen LogP contribution is -2.52. The number of amides is 1. The Morgan fingerprint density at radius 1 is 1.12 bits per heavy atom. The standard InChI is InChI=1S/C13H24N2O/c1-11(16)14(2)12-7-3-4-8-13(12)15-9-5-6-10-15/h12-13H,3-10H2,1-2H3/t12-,13-/m1/s1. The Balaban J connectivity index is 2.03. The van der Waals surface area contributed by atoms with Gasteiger partial charge in [0.05, 0.1) is 0 Å². The summed E-state index contributed by atoms with van der Waals surface area (Å²) in [6, 6.07) is 1.09. The molecule has 92 valence electrons. The van der Waals surface area contributed by atoms with Crippen molar-refractivity contribution in [1.82, 2.24) is 9.80 Å². The van der Waals surface area contributed by atoms with Crippen LogP contribution in [0.15, 0.2) is 0 Å². The van der Waals surface area contributed by atoms with E-state index in [1.54, 1.807) is 6.92 Å². The molecule has 1 aliphatic carbocycles. The monoisotopic (exact) mass is 224 g/mol. The van der Waals surface area contributed by atoms with Crippen molar-refractivity contribution < 1.29 is 4.79 Å². The molecule has 0 unspecified atom stereocenters. The van der Waals surface area contributed by atoms with Crippen LogP contribution in [0.3, 0.4) is 0 Å². The molecule has 0 radical (unpaired) electrons. The van der Waals surface area contributed by atoms with E-state index in [1.807, 2.05) is 11.9 Å². The summed E-state index contributed by atoms with van der Waals surface area (Å²) >= 11 is 0. The van der Waals surface area contributed by atoms with Gasteiger partial charge in [0.1, 0.15) is 0 Å². The summed E-state index contributed by atoms with van der Waals surface area (Å²) in [5.74, 6) is 0.219. The number of nitrogens with zero attached hydrogens (tertiary/aromatic N) is 2. The minimum atomic E-state index is 0.219. The van der Waals surface area contributed by atoms with Crippen LogP contribution in [0.1, 0.15) is 45.4 Å². The fraction of sp³-hybridized carbons (Fsp3) is 0.923. The topological polar surface area (TPSA) is 23.6 Å². The van der Waals surface area contributed by atoms with Crippen LogP contribution in [0.5, 0.6) is 0 Å². The molecule has 1 amide bonds. The van der Waals surface area contributed by atoms with Gasteiger partial charge in [-0.25, -0.2) is 0 Å². The van der Waals surface area contributed by atoms with Gasteiger partial charge in [-0.15, -0.1) is 0 Å². The summed E-state index contributed by atoms with van der Waals surface area (Å²) in [4.78, 5) is 16.1. The van der Waals surface area contributed by atoms with Crippen LogP contribution in [0.2, 0.25) is 0 Å². The van der Waals surface area contributed by atoms with E-state index < -0.39 is 0 Å². The number of carbonyl (C=O) groups excluding carboxylic acids is 1. The van der Waals surface area contributed by atoms with Crippen molar-refractivity contribution in [2.24, 2.45) is 0 Å². The van der Waals surface area contributed by atoms with Crippen molar-refractivity contribution in [3.05, 3.63) is 0 Å². The zero-order chi connectivity index (χ0) is 11.5. The number of hydrogen-bond donors (Lipinski definition) is 0. The van der Waals surface area contributed by atoms with Crippen LogP contribution in [-0.4, -0.2) is 47.9 Å². The molecule has 0 N–H and O–H groups in total. The highest BCUT2D eigenvalue weighted by molar-refractivity contribution is 5.73. The Morgan fingerprint density at radius 2 is 1.75 bits per heavy atom. The molecule has 16 heavy (non-hydrogen) atoms. The first-order valence-electron chi connectivity index (χ1n) is 6.67. The molecule has 0 aromatic heterocycles. The highest BCUT2D eigenvalue weighted by atomic mass is 16.2. The molecule has 2 rings (SSSR count). The van der Waals surface area contributed by atoms with Crippen molar-refractivity contribution in [2.45, 2.75) is 57.5 Å². The number of hydrogen-bond acceptors (Lipinski definition) is 2. The van der Waals surface area contributed by atoms with Gasteiger partial charge in [0, 0.05) is 26.1 Å². The second-order valence-corrected chi connectivity index (χ2v) is 5.29. The third-order valence-electron chi connectivity index (χ3n) is 4.30. The van der Waals surface area contributed by atoms with Crippen LogP contribution >= 0.6 is 0 Å². The maximum atomic E-state index is 11.5. The van der Waals surface area contributed by atoms with Gasteiger partial charge in [0.2, 0.25) is 5.91 Å². The second-order valence-electron chi connectivity index (χ2n) is 5.29. The highest BCUT2D eigenvalue weighted by Crippen LogP contribution is 2.28. The van der Waals surface area contributed by atoms with E-state index >= 15 is 0 Å². The van der Waals surface area contributed by atoms with Crippen molar-refractivity contribution in [2.75, 3.05) is 20.1 Å². The van der Waals surface area contributed by atoms with Crippen LogP contribution < -0.4 is 0 Å². The maximum absolute atomic E-state index is 11.5. The Hall–Kier alpha value is -0.570. The predicted octanol–water partition coefficient (Wildman–Crippen LogP) is 1.87. The van der Waals surface area contributed by atoms with E-state index in [0.29, 0.717) is 12.1 Å². The lowest BCUT2D eigenvalue weighted by Gasteiger charge is -2.42. The molecule has 1 saturated heterocycles. The molecule has 2 fully saturated rings. The minimum absolute atomic E-state index is 0.219. The Morgan fingerprint density at radius 3 is 2.38 bits per heavy atom. The Bertz CT molecular complexity index is 248. The summed E-state index contributed by atoms with van der Waals surface area (Å²) in [7, 11) is 1.97. The molecular formula is C13H24N2O. The average Bonchev–Trinajstić information content (AvgIpc) is 2.81. The minimum Gasteiger partial charge on any atom is -0.341 e. The molecule has 1 heterocycles. The normalized spacial score (nSPS) is 31.6. The highest BCUT2D eigenvalue weighted by Gasteiger charge is 2.34. The van der Waals surface area contributed by atoms with Gasteiger partial charge >= 0.3 is 0 Å². The summed E-state index contributed by atoms with van der Waals surface area (Å²) < 4.78 is 0. The first-order valence-corrected chi connectivity index (χ1v) is 6.67. The van der Waals surface area contributed by atoms with Gasteiger partial charge in [-0.2, -0.15) is 0 Å². The maximum Gasteiger partial charge on any atom is 0.219 e. The fourth-order valence-electron chi connectivity index (χ4n) is 3.28. The van der Waals surface area contributed by atoms with Crippen molar-refractivity contribution in [3.8, 4) is 0 Å². The number of carbonyl (C=O) groups is 1. The molecule has 3 nitrogen and oxygen atoms in total. The van der Waals surface area contributed by atoms with E-state index in [-0.39, 0.29) is 5.91 Å². The molecule has 0 aromatic carbocycles. The SMILES string of the molecule is CC(=O)N(C)[C@@H]1CCCC[C@H]1N1CCCC1. The largest absolute Gasteiger partial charge is 0.341 e. The van der Waals surface area contributed by atoms with Crippen LogP contribution in [0, 0.1) is 0 Å². The molecule has 2 aliphatic rings. The van der Waals surface area contributed by atoms with Gasteiger partial charge in [-0.3, -0.25) is 9.69 Å². The van der Waals surface area contributed by atoms with E-state index in [1.165, 1.54) is 51.6 Å². The number of likely N-dealkylation sites (N-methyl/N-ethyl adjacent to an activating group) is 1. The summed E-state index contributed by atoms with van der Waals surface area (Å²) in [6.45, 7) is 4.18. The smallest absolute Gasteiger partial charge is 0.219 e. The van der Waals surface area contributed by atoms with E-state index in [4.69, 9.17) is 0 Å². The quantitative estimate of drug-likeness (QED) is 0.715. The predicted molar refractivity (Wildman–Crippen MR) is 65.3 cm³/mol. The van der Waals surface area contributed by atoms with Gasteiger partial charge in [0.25, 0.3) is 0 Å². The zero-order valence-corrected chi connectivity index (χ0v) is 10.6. The van der Waals surface area contributed by atoms with Gasteiger partial charge in [-0.05, 0) is 38.8 Å². The van der Waals surface area contributed by atoms with Crippen LogP contribution in [0.4, 0.5) is 0 Å². The van der Waals surface area contributed by atoms with E-state index in [0.717, 1.165) is 0 Å². The lowest BCUT2D eigenvalue weighted by molar-refractivity contribution is -0.131. The summed E-state index contributed by atoms with van der Waals surface area (Å²) in [5, 5.41) is 0. The summed E-state index contributed by atoms with van der Waals surface area (Å²) in [5.41, 5.74) is 0. The molecule has 0 aromatic rings. The second kappa shape index (κ2) is 5.17. The Labute approximate surface area is 98.8 Å². The van der Waals surface area contributed by atoms with Crippen molar-refractivity contribution >= 4 is 5.91 Å². The third kappa shape index (κ3) is 2.40. The van der Waals surface area contributed by atoms with Gasteiger partial charge < -0.3 is 4.90 Å². The molecule has 0 bridgehead atoms. The summed E-state index contributed by atoms with van der Waals surface area (Å²) in [6.07, 6.45) is 7.77. The first kappa shape index (κ1) is 11.9. The van der Waals surface area contributed by atoms with E-state index in [9.17, 15) is 4.79 Å². The first-order chi connectivity index (χ1) is 7.70. The number of rotatable bonds is 2. The molecule has 1 aliphatic heterocycles.